The maximum atomic E-state index is 12.9. The number of ketones is 1. The largest absolute Gasteiger partial charge is 0.299 e. The average Bonchev–Trinajstić information content (AvgIpc) is 3.03. The van der Waals surface area contributed by atoms with Gasteiger partial charge in [-0.3, -0.25) is 4.79 Å². The lowest BCUT2D eigenvalue weighted by molar-refractivity contribution is -0.237. The number of rotatable bonds is 1. The Morgan fingerprint density at radius 3 is 1.94 bits per heavy atom. The smallest absolute Gasteiger partial charge is 0.138 e. The summed E-state index contributed by atoms with van der Waals surface area (Å²) >= 11 is 0. The zero-order valence-electron chi connectivity index (χ0n) is 21.6. The molecular formula is C30H48O. The standard InChI is InChI=1S/C30H48O/c1-19(2)20-11-15-27(5)21(20)12-17-29(7)23(27)9-10-24-28(6)16-14-25(31)26(3,4)22(28)13-18-30(24,29)8/h20-24H,1,9-18H2,2-8H3/t20-,21-,22-,23+,24+,27-,28-,29+,30+/m0/s1. The van der Waals surface area contributed by atoms with Crippen LogP contribution in [0, 0.1) is 56.7 Å². The molecule has 5 saturated carbocycles. The average molecular weight is 425 g/mol. The topological polar surface area (TPSA) is 17.1 Å². The molecule has 5 rings (SSSR count). The summed E-state index contributed by atoms with van der Waals surface area (Å²) in [7, 11) is 0. The van der Waals surface area contributed by atoms with E-state index in [2.05, 4.69) is 55.0 Å². The fraction of sp³-hybridized carbons (Fsp3) is 0.900. The number of hydrogen-bond donors (Lipinski definition) is 0. The molecule has 0 radical (unpaired) electrons. The van der Waals surface area contributed by atoms with E-state index in [4.69, 9.17) is 0 Å². The van der Waals surface area contributed by atoms with Crippen molar-refractivity contribution in [3.63, 3.8) is 0 Å². The van der Waals surface area contributed by atoms with Gasteiger partial charge in [-0.15, -0.1) is 0 Å². The van der Waals surface area contributed by atoms with Gasteiger partial charge in [0.25, 0.3) is 0 Å². The van der Waals surface area contributed by atoms with Gasteiger partial charge >= 0.3 is 0 Å². The number of allylic oxidation sites excluding steroid dienone is 1. The Bertz CT molecular complexity index is 807. The highest BCUT2D eigenvalue weighted by Gasteiger charge is 2.70. The molecule has 0 amide bonds. The van der Waals surface area contributed by atoms with Crippen molar-refractivity contribution >= 4 is 5.78 Å². The zero-order valence-corrected chi connectivity index (χ0v) is 21.6. The second kappa shape index (κ2) is 6.50. The van der Waals surface area contributed by atoms with Crippen molar-refractivity contribution in [2.75, 3.05) is 0 Å². The monoisotopic (exact) mass is 424 g/mol. The number of hydrogen-bond acceptors (Lipinski definition) is 1. The lowest BCUT2D eigenvalue weighted by Crippen LogP contribution is -2.66. The van der Waals surface area contributed by atoms with Gasteiger partial charge in [0.05, 0.1) is 0 Å². The van der Waals surface area contributed by atoms with Crippen LogP contribution in [0.4, 0.5) is 0 Å². The first-order valence-corrected chi connectivity index (χ1v) is 13.5. The maximum Gasteiger partial charge on any atom is 0.138 e. The predicted octanol–water partition coefficient (Wildman–Crippen LogP) is 8.23. The normalized spacial score (nSPS) is 55.6. The van der Waals surface area contributed by atoms with Gasteiger partial charge in [-0.1, -0.05) is 53.7 Å². The first kappa shape index (κ1) is 22.2. The molecule has 0 aliphatic heterocycles. The van der Waals surface area contributed by atoms with E-state index in [-0.39, 0.29) is 5.41 Å². The molecule has 0 N–H and O–H groups in total. The number of carbonyl (C=O) groups excluding carboxylic acids is 1. The van der Waals surface area contributed by atoms with Gasteiger partial charge in [0.1, 0.15) is 5.78 Å². The molecule has 5 aliphatic carbocycles. The molecule has 0 aromatic carbocycles. The summed E-state index contributed by atoms with van der Waals surface area (Å²) in [4.78, 5) is 12.9. The molecule has 0 aromatic rings. The third kappa shape index (κ3) is 2.53. The van der Waals surface area contributed by atoms with Gasteiger partial charge in [-0.05, 0) is 116 Å². The zero-order chi connectivity index (χ0) is 22.6. The molecule has 0 unspecified atom stereocenters. The summed E-state index contributed by atoms with van der Waals surface area (Å²) < 4.78 is 0. The number of Topliss-reactive ketones (excluding diaryl/α,β-unsaturated/α-hetero) is 1. The Balaban J connectivity index is 1.53. The van der Waals surface area contributed by atoms with Crippen molar-refractivity contribution in [2.45, 2.75) is 113 Å². The molecule has 1 nitrogen and oxygen atoms in total. The molecule has 0 spiro atoms. The van der Waals surface area contributed by atoms with Crippen LogP contribution in [0.5, 0.6) is 0 Å². The number of fused-ring (bicyclic) bond motifs is 7. The molecule has 174 valence electrons. The van der Waals surface area contributed by atoms with Crippen LogP contribution in [-0.4, -0.2) is 5.78 Å². The summed E-state index contributed by atoms with van der Waals surface area (Å²) in [5.41, 5.74) is 3.03. The van der Waals surface area contributed by atoms with Crippen molar-refractivity contribution in [1.29, 1.82) is 0 Å². The van der Waals surface area contributed by atoms with Crippen LogP contribution >= 0.6 is 0 Å². The van der Waals surface area contributed by atoms with Crippen LogP contribution in [0.1, 0.15) is 113 Å². The van der Waals surface area contributed by atoms with Crippen LogP contribution in [0.3, 0.4) is 0 Å². The summed E-state index contributed by atoms with van der Waals surface area (Å²) in [6, 6.07) is 0. The molecule has 5 aliphatic rings. The SMILES string of the molecule is C=C(C)[C@@H]1CC[C@]2(C)[C@H]3CC[C@@H]4[C@@]5(C)CCC(=O)C(C)(C)[C@@H]5CC[C@@]4(C)[C@]3(C)CC[C@@H]12. The Labute approximate surface area is 192 Å². The molecule has 5 fully saturated rings. The third-order valence-electron chi connectivity index (χ3n) is 13.3. The van der Waals surface area contributed by atoms with E-state index >= 15 is 0 Å². The van der Waals surface area contributed by atoms with E-state index in [9.17, 15) is 4.79 Å². The van der Waals surface area contributed by atoms with Crippen molar-refractivity contribution in [3.8, 4) is 0 Å². The van der Waals surface area contributed by atoms with Gasteiger partial charge in [-0.2, -0.15) is 0 Å². The lowest BCUT2D eigenvalue weighted by atomic mass is 9.32. The fourth-order valence-electron chi connectivity index (χ4n) is 11.6. The van der Waals surface area contributed by atoms with Gasteiger partial charge < -0.3 is 0 Å². The maximum absolute atomic E-state index is 12.9. The summed E-state index contributed by atoms with van der Waals surface area (Å²) in [6.45, 7) is 22.0. The molecule has 0 bridgehead atoms. The van der Waals surface area contributed by atoms with Gasteiger partial charge in [0.15, 0.2) is 0 Å². The molecule has 0 heterocycles. The predicted molar refractivity (Wildman–Crippen MR) is 130 cm³/mol. The second-order valence-electron chi connectivity index (χ2n) is 14.4. The molecule has 9 atom stereocenters. The molecule has 31 heavy (non-hydrogen) atoms. The van der Waals surface area contributed by atoms with Gasteiger partial charge in [0.2, 0.25) is 0 Å². The Morgan fingerprint density at radius 1 is 0.742 bits per heavy atom. The first-order chi connectivity index (χ1) is 14.3. The van der Waals surface area contributed by atoms with Crippen LogP contribution < -0.4 is 0 Å². The van der Waals surface area contributed by atoms with Gasteiger partial charge in [0, 0.05) is 11.8 Å². The van der Waals surface area contributed by atoms with Crippen LogP contribution in [0.25, 0.3) is 0 Å². The minimum absolute atomic E-state index is 0.129. The highest BCUT2D eigenvalue weighted by Crippen LogP contribution is 2.77. The Hall–Kier alpha value is -0.590. The van der Waals surface area contributed by atoms with Gasteiger partial charge in [-0.25, -0.2) is 0 Å². The van der Waals surface area contributed by atoms with E-state index in [0.717, 1.165) is 36.5 Å². The summed E-state index contributed by atoms with van der Waals surface area (Å²) in [6.07, 6.45) is 13.0. The Kier molecular flexibility index (Phi) is 4.66. The fourth-order valence-corrected chi connectivity index (χ4v) is 11.6. The number of carbonyl (C=O) groups is 1. The van der Waals surface area contributed by atoms with E-state index < -0.39 is 0 Å². The highest BCUT2D eigenvalue weighted by atomic mass is 16.1. The van der Waals surface area contributed by atoms with Crippen molar-refractivity contribution in [1.82, 2.24) is 0 Å². The highest BCUT2D eigenvalue weighted by molar-refractivity contribution is 5.85. The second-order valence-corrected chi connectivity index (χ2v) is 14.4. The Morgan fingerprint density at radius 2 is 1.32 bits per heavy atom. The lowest BCUT2D eigenvalue weighted by Gasteiger charge is -2.72. The molecule has 0 saturated heterocycles. The van der Waals surface area contributed by atoms with E-state index in [1.807, 2.05) is 0 Å². The van der Waals surface area contributed by atoms with Crippen molar-refractivity contribution in [2.24, 2.45) is 56.7 Å². The van der Waals surface area contributed by atoms with E-state index in [0.29, 0.717) is 33.4 Å². The minimum atomic E-state index is -0.129. The molecule has 1 heteroatoms. The summed E-state index contributed by atoms with van der Waals surface area (Å²) in [5, 5.41) is 0. The third-order valence-corrected chi connectivity index (χ3v) is 13.3. The van der Waals surface area contributed by atoms with Crippen molar-refractivity contribution in [3.05, 3.63) is 12.2 Å². The quantitative estimate of drug-likeness (QED) is 0.387. The van der Waals surface area contributed by atoms with Crippen molar-refractivity contribution < 1.29 is 4.79 Å². The molecular weight excluding hydrogens is 376 g/mol. The van der Waals surface area contributed by atoms with E-state index in [1.165, 1.54) is 56.9 Å². The molecule has 0 aromatic heterocycles. The van der Waals surface area contributed by atoms with Crippen LogP contribution in [-0.2, 0) is 4.79 Å². The minimum Gasteiger partial charge on any atom is -0.299 e. The van der Waals surface area contributed by atoms with Crippen LogP contribution in [0.2, 0.25) is 0 Å². The first-order valence-electron chi connectivity index (χ1n) is 13.5. The van der Waals surface area contributed by atoms with E-state index in [1.54, 1.807) is 0 Å². The summed E-state index contributed by atoms with van der Waals surface area (Å²) in [5.74, 6) is 4.38. The van der Waals surface area contributed by atoms with Crippen LogP contribution in [0.15, 0.2) is 12.2 Å².